The minimum Gasteiger partial charge on any atom is -0.496 e. The Morgan fingerprint density at radius 2 is 1.77 bits per heavy atom. The zero-order valence-corrected chi connectivity index (χ0v) is 15.7. The summed E-state index contributed by atoms with van der Waals surface area (Å²) in [6.07, 6.45) is 3.79. The second-order valence-electron chi connectivity index (χ2n) is 5.82. The Labute approximate surface area is 160 Å². The van der Waals surface area contributed by atoms with Crippen LogP contribution in [-0.2, 0) is 0 Å². The number of hydrogen-bond donors (Lipinski definition) is 0. The molecule has 26 heavy (non-hydrogen) atoms. The molecule has 0 fully saturated rings. The van der Waals surface area contributed by atoms with E-state index in [1.807, 2.05) is 66.7 Å². The number of nitrogens with zero attached hydrogens (tertiary/aromatic N) is 1. The molecule has 3 aromatic carbocycles. The molecule has 4 heteroatoms. The average Bonchev–Trinajstić information content (AvgIpc) is 3.09. The first-order chi connectivity index (χ1) is 12.7. The minimum absolute atomic E-state index is 0.562. The standard InChI is InChI=1S/C22H16BrNO2/c1-25-20-11-9-18(23)13-17(20)8-12-22-24-19-14-16(7-10-21(19)26-22)15-5-3-2-4-6-15/h2-14H,1H3/b12-8+. The molecule has 0 N–H and O–H groups in total. The van der Waals surface area contributed by atoms with Gasteiger partial charge in [0.05, 0.1) is 7.11 Å². The van der Waals surface area contributed by atoms with Crippen LogP contribution in [0.2, 0.25) is 0 Å². The van der Waals surface area contributed by atoms with Crippen LogP contribution in [0.3, 0.4) is 0 Å². The Morgan fingerprint density at radius 3 is 2.58 bits per heavy atom. The van der Waals surface area contributed by atoms with Gasteiger partial charge in [-0.05, 0) is 47.5 Å². The van der Waals surface area contributed by atoms with E-state index in [-0.39, 0.29) is 0 Å². The van der Waals surface area contributed by atoms with Gasteiger partial charge in [0.15, 0.2) is 5.58 Å². The van der Waals surface area contributed by atoms with Gasteiger partial charge < -0.3 is 9.15 Å². The molecule has 0 spiro atoms. The van der Waals surface area contributed by atoms with Crippen molar-refractivity contribution in [2.75, 3.05) is 7.11 Å². The third-order valence-electron chi connectivity index (χ3n) is 4.11. The summed E-state index contributed by atoms with van der Waals surface area (Å²) in [6, 6.07) is 22.2. The fourth-order valence-electron chi connectivity index (χ4n) is 2.82. The van der Waals surface area contributed by atoms with Crippen LogP contribution in [0, 0.1) is 0 Å². The Kier molecular flexibility index (Phi) is 4.59. The topological polar surface area (TPSA) is 35.3 Å². The molecule has 0 radical (unpaired) electrons. The third-order valence-corrected chi connectivity index (χ3v) is 4.60. The van der Waals surface area contributed by atoms with Gasteiger partial charge in [-0.15, -0.1) is 0 Å². The van der Waals surface area contributed by atoms with Gasteiger partial charge in [0.2, 0.25) is 5.89 Å². The van der Waals surface area contributed by atoms with Crippen molar-refractivity contribution in [2.24, 2.45) is 0 Å². The number of halogens is 1. The second kappa shape index (κ2) is 7.18. The highest BCUT2D eigenvalue weighted by molar-refractivity contribution is 9.10. The lowest BCUT2D eigenvalue weighted by molar-refractivity contribution is 0.414. The van der Waals surface area contributed by atoms with Crippen LogP contribution in [0.1, 0.15) is 11.5 Å². The molecule has 0 aliphatic heterocycles. The van der Waals surface area contributed by atoms with Crippen LogP contribution in [0.4, 0.5) is 0 Å². The first kappa shape index (κ1) is 16.6. The molecule has 0 bridgehead atoms. The van der Waals surface area contributed by atoms with E-state index in [0.717, 1.165) is 38.0 Å². The van der Waals surface area contributed by atoms with E-state index >= 15 is 0 Å². The predicted octanol–water partition coefficient (Wildman–Crippen LogP) is 6.44. The molecule has 128 valence electrons. The lowest BCUT2D eigenvalue weighted by Crippen LogP contribution is -1.86. The SMILES string of the molecule is COc1ccc(Br)cc1/C=C/c1nc2cc(-c3ccccc3)ccc2o1. The van der Waals surface area contributed by atoms with Gasteiger partial charge >= 0.3 is 0 Å². The number of methoxy groups -OCH3 is 1. The fourth-order valence-corrected chi connectivity index (χ4v) is 3.20. The summed E-state index contributed by atoms with van der Waals surface area (Å²) in [6.45, 7) is 0. The number of hydrogen-bond acceptors (Lipinski definition) is 3. The smallest absolute Gasteiger partial charge is 0.220 e. The molecule has 0 saturated heterocycles. The lowest BCUT2D eigenvalue weighted by Gasteiger charge is -2.04. The Balaban J connectivity index is 1.67. The highest BCUT2D eigenvalue weighted by atomic mass is 79.9. The first-order valence-electron chi connectivity index (χ1n) is 8.20. The molecule has 0 aliphatic rings. The summed E-state index contributed by atoms with van der Waals surface area (Å²) in [5, 5.41) is 0. The molecule has 0 amide bonds. The second-order valence-corrected chi connectivity index (χ2v) is 6.74. The summed E-state index contributed by atoms with van der Waals surface area (Å²) in [5.74, 6) is 1.36. The highest BCUT2D eigenvalue weighted by Crippen LogP contribution is 2.27. The quantitative estimate of drug-likeness (QED) is 0.391. The van der Waals surface area contributed by atoms with Crippen molar-refractivity contribution < 1.29 is 9.15 Å². The summed E-state index contributed by atoms with van der Waals surface area (Å²) in [5.41, 5.74) is 4.84. The number of aromatic nitrogens is 1. The van der Waals surface area contributed by atoms with Gasteiger partial charge in [0, 0.05) is 16.1 Å². The van der Waals surface area contributed by atoms with Gasteiger partial charge in [0.1, 0.15) is 11.3 Å². The summed E-state index contributed by atoms with van der Waals surface area (Å²) in [4.78, 5) is 4.59. The maximum atomic E-state index is 5.83. The van der Waals surface area contributed by atoms with Crippen LogP contribution >= 0.6 is 15.9 Å². The predicted molar refractivity (Wildman–Crippen MR) is 109 cm³/mol. The molecular formula is C22H16BrNO2. The number of fused-ring (bicyclic) bond motifs is 1. The van der Waals surface area contributed by atoms with Gasteiger partial charge in [-0.2, -0.15) is 0 Å². The van der Waals surface area contributed by atoms with Gasteiger partial charge in [-0.1, -0.05) is 52.3 Å². The summed E-state index contributed by atoms with van der Waals surface area (Å²) < 4.78 is 12.2. The monoisotopic (exact) mass is 405 g/mol. The molecule has 3 nitrogen and oxygen atoms in total. The van der Waals surface area contributed by atoms with Crippen LogP contribution < -0.4 is 4.74 Å². The third kappa shape index (κ3) is 3.41. The maximum absolute atomic E-state index is 5.83. The number of ether oxygens (including phenoxy) is 1. The molecule has 0 atom stereocenters. The van der Waals surface area contributed by atoms with Crippen molar-refractivity contribution in [3.8, 4) is 16.9 Å². The van der Waals surface area contributed by atoms with Crippen molar-refractivity contribution in [2.45, 2.75) is 0 Å². The van der Waals surface area contributed by atoms with E-state index in [0.29, 0.717) is 5.89 Å². The van der Waals surface area contributed by atoms with Crippen LogP contribution in [0.25, 0.3) is 34.4 Å². The van der Waals surface area contributed by atoms with Crippen molar-refractivity contribution in [3.63, 3.8) is 0 Å². The molecule has 1 aromatic heterocycles. The maximum Gasteiger partial charge on any atom is 0.220 e. The van der Waals surface area contributed by atoms with E-state index in [1.54, 1.807) is 7.11 Å². The molecule has 0 aliphatic carbocycles. The van der Waals surface area contributed by atoms with Gasteiger partial charge in [-0.3, -0.25) is 0 Å². The zero-order chi connectivity index (χ0) is 17.9. The Bertz CT molecular complexity index is 1080. The van der Waals surface area contributed by atoms with E-state index in [1.165, 1.54) is 0 Å². The van der Waals surface area contributed by atoms with E-state index < -0.39 is 0 Å². The molecule has 0 unspecified atom stereocenters. The highest BCUT2D eigenvalue weighted by Gasteiger charge is 2.06. The van der Waals surface area contributed by atoms with Crippen LogP contribution in [0.15, 0.2) is 75.6 Å². The molecule has 4 rings (SSSR count). The Morgan fingerprint density at radius 1 is 0.923 bits per heavy atom. The Hall–Kier alpha value is -2.85. The number of rotatable bonds is 4. The molecular weight excluding hydrogens is 390 g/mol. The van der Waals surface area contributed by atoms with Crippen molar-refractivity contribution in [1.82, 2.24) is 4.98 Å². The molecule has 1 heterocycles. The normalized spacial score (nSPS) is 11.3. The number of oxazole rings is 1. The van der Waals surface area contributed by atoms with Gasteiger partial charge in [-0.25, -0.2) is 4.98 Å². The lowest BCUT2D eigenvalue weighted by atomic mass is 10.1. The van der Waals surface area contributed by atoms with E-state index in [4.69, 9.17) is 9.15 Å². The van der Waals surface area contributed by atoms with Crippen LogP contribution in [0.5, 0.6) is 5.75 Å². The molecule has 4 aromatic rings. The summed E-state index contributed by atoms with van der Waals surface area (Å²) >= 11 is 3.48. The zero-order valence-electron chi connectivity index (χ0n) is 14.1. The van der Waals surface area contributed by atoms with Crippen molar-refractivity contribution in [1.29, 1.82) is 0 Å². The average molecular weight is 406 g/mol. The largest absolute Gasteiger partial charge is 0.496 e. The van der Waals surface area contributed by atoms with E-state index in [2.05, 4.69) is 33.0 Å². The van der Waals surface area contributed by atoms with Gasteiger partial charge in [0.25, 0.3) is 0 Å². The first-order valence-corrected chi connectivity index (χ1v) is 9.00. The van der Waals surface area contributed by atoms with E-state index in [9.17, 15) is 0 Å². The van der Waals surface area contributed by atoms with Crippen LogP contribution in [-0.4, -0.2) is 12.1 Å². The van der Waals surface area contributed by atoms with Crippen molar-refractivity contribution in [3.05, 3.63) is 82.7 Å². The fraction of sp³-hybridized carbons (Fsp3) is 0.0455. The molecule has 0 saturated carbocycles. The number of benzene rings is 3. The minimum atomic E-state index is 0.562. The van der Waals surface area contributed by atoms with Crippen molar-refractivity contribution >= 4 is 39.2 Å². The summed E-state index contributed by atoms with van der Waals surface area (Å²) in [7, 11) is 1.66.